The Morgan fingerprint density at radius 1 is 1.44 bits per heavy atom. The first-order valence-electron chi connectivity index (χ1n) is 4.96. The lowest BCUT2D eigenvalue weighted by Gasteiger charge is -2.04. The van der Waals surface area contributed by atoms with Gasteiger partial charge in [-0.05, 0) is 18.2 Å². The zero-order valence-electron chi connectivity index (χ0n) is 8.61. The molecule has 16 heavy (non-hydrogen) atoms. The molecule has 2 rings (SSSR count). The quantitative estimate of drug-likeness (QED) is 0.620. The SMILES string of the molecule is Fc1cccc(NCCSc2ncc[nH]2)c1. The van der Waals surface area contributed by atoms with Gasteiger partial charge in [-0.25, -0.2) is 9.37 Å². The zero-order valence-corrected chi connectivity index (χ0v) is 9.43. The van der Waals surface area contributed by atoms with Crippen LogP contribution >= 0.6 is 11.8 Å². The van der Waals surface area contributed by atoms with Crippen LogP contribution in [-0.2, 0) is 0 Å². The standard InChI is InChI=1S/C11H12FN3S/c12-9-2-1-3-10(8-9)13-6-7-16-11-14-4-5-15-11/h1-5,8,13H,6-7H2,(H,14,15). The highest BCUT2D eigenvalue weighted by molar-refractivity contribution is 7.99. The van der Waals surface area contributed by atoms with Crippen molar-refractivity contribution in [3.63, 3.8) is 0 Å². The van der Waals surface area contributed by atoms with Crippen molar-refractivity contribution >= 4 is 17.4 Å². The van der Waals surface area contributed by atoms with Crippen LogP contribution in [0, 0.1) is 5.82 Å². The third kappa shape index (κ3) is 3.27. The molecule has 0 spiro atoms. The Morgan fingerprint density at radius 3 is 3.12 bits per heavy atom. The van der Waals surface area contributed by atoms with E-state index in [-0.39, 0.29) is 5.82 Å². The van der Waals surface area contributed by atoms with Gasteiger partial charge in [-0.2, -0.15) is 0 Å². The van der Waals surface area contributed by atoms with Gasteiger partial charge in [0.05, 0.1) is 0 Å². The van der Waals surface area contributed by atoms with Crippen LogP contribution in [0.15, 0.2) is 41.8 Å². The Bertz CT molecular complexity index is 431. The molecule has 0 radical (unpaired) electrons. The van der Waals surface area contributed by atoms with Crippen molar-refractivity contribution in [1.29, 1.82) is 0 Å². The molecule has 1 aromatic heterocycles. The van der Waals surface area contributed by atoms with Crippen LogP contribution in [-0.4, -0.2) is 22.3 Å². The Kier molecular flexibility index (Phi) is 3.82. The molecule has 5 heteroatoms. The third-order valence-electron chi connectivity index (χ3n) is 1.97. The number of anilines is 1. The van der Waals surface area contributed by atoms with E-state index in [9.17, 15) is 4.39 Å². The van der Waals surface area contributed by atoms with Crippen LogP contribution in [0.5, 0.6) is 0 Å². The topological polar surface area (TPSA) is 40.7 Å². The lowest BCUT2D eigenvalue weighted by Crippen LogP contribution is -2.04. The van der Waals surface area contributed by atoms with Gasteiger partial charge in [0.15, 0.2) is 5.16 Å². The summed E-state index contributed by atoms with van der Waals surface area (Å²) in [5.74, 6) is 0.660. The van der Waals surface area contributed by atoms with Crippen LogP contribution in [0.2, 0.25) is 0 Å². The largest absolute Gasteiger partial charge is 0.384 e. The molecule has 0 unspecified atom stereocenters. The van der Waals surface area contributed by atoms with Gasteiger partial charge in [0.2, 0.25) is 0 Å². The number of nitrogens with one attached hydrogen (secondary N) is 2. The van der Waals surface area contributed by atoms with Gasteiger partial charge in [-0.15, -0.1) is 0 Å². The molecule has 2 aromatic rings. The van der Waals surface area contributed by atoms with Crippen molar-refractivity contribution in [2.75, 3.05) is 17.6 Å². The molecule has 0 aliphatic heterocycles. The number of H-pyrrole nitrogens is 1. The van der Waals surface area contributed by atoms with E-state index in [0.717, 1.165) is 23.1 Å². The summed E-state index contributed by atoms with van der Waals surface area (Å²) in [6.07, 6.45) is 3.52. The normalized spacial score (nSPS) is 10.3. The fourth-order valence-electron chi connectivity index (χ4n) is 1.27. The maximum atomic E-state index is 12.8. The van der Waals surface area contributed by atoms with E-state index in [4.69, 9.17) is 0 Å². The van der Waals surface area contributed by atoms with Gasteiger partial charge >= 0.3 is 0 Å². The number of imidazole rings is 1. The molecule has 0 aliphatic carbocycles. The molecular formula is C11H12FN3S. The molecule has 3 nitrogen and oxygen atoms in total. The van der Waals surface area contributed by atoms with E-state index >= 15 is 0 Å². The lowest BCUT2D eigenvalue weighted by molar-refractivity contribution is 0.628. The first-order valence-corrected chi connectivity index (χ1v) is 5.95. The van der Waals surface area contributed by atoms with E-state index in [2.05, 4.69) is 15.3 Å². The number of thioether (sulfide) groups is 1. The predicted octanol–water partition coefficient (Wildman–Crippen LogP) is 2.75. The summed E-state index contributed by atoms with van der Waals surface area (Å²) in [5, 5.41) is 4.05. The van der Waals surface area contributed by atoms with Crippen molar-refractivity contribution in [2.24, 2.45) is 0 Å². The van der Waals surface area contributed by atoms with Crippen LogP contribution in [0.25, 0.3) is 0 Å². The second-order valence-corrected chi connectivity index (χ2v) is 4.26. The van der Waals surface area contributed by atoms with E-state index in [1.807, 2.05) is 6.07 Å². The van der Waals surface area contributed by atoms with Gasteiger partial charge in [-0.3, -0.25) is 0 Å². The van der Waals surface area contributed by atoms with Crippen molar-refractivity contribution in [3.8, 4) is 0 Å². The van der Waals surface area contributed by atoms with Gasteiger partial charge < -0.3 is 10.3 Å². The van der Waals surface area contributed by atoms with Gasteiger partial charge in [0, 0.05) is 30.4 Å². The maximum Gasteiger partial charge on any atom is 0.165 e. The summed E-state index contributed by atoms with van der Waals surface area (Å²) in [6, 6.07) is 6.46. The number of aromatic amines is 1. The van der Waals surface area contributed by atoms with E-state index in [0.29, 0.717) is 0 Å². The number of hydrogen-bond acceptors (Lipinski definition) is 3. The minimum Gasteiger partial charge on any atom is -0.384 e. The smallest absolute Gasteiger partial charge is 0.165 e. The monoisotopic (exact) mass is 237 g/mol. The molecule has 0 atom stereocenters. The van der Waals surface area contributed by atoms with E-state index in [1.165, 1.54) is 12.1 Å². The highest BCUT2D eigenvalue weighted by Gasteiger charge is 1.96. The number of hydrogen-bond donors (Lipinski definition) is 2. The van der Waals surface area contributed by atoms with Gasteiger partial charge in [0.1, 0.15) is 5.82 Å². The van der Waals surface area contributed by atoms with Crippen LogP contribution < -0.4 is 5.32 Å². The van der Waals surface area contributed by atoms with Crippen LogP contribution in [0.4, 0.5) is 10.1 Å². The van der Waals surface area contributed by atoms with Crippen molar-refractivity contribution in [1.82, 2.24) is 9.97 Å². The number of rotatable bonds is 5. The average Bonchev–Trinajstić information content (AvgIpc) is 2.77. The molecule has 84 valence electrons. The maximum absolute atomic E-state index is 12.8. The molecule has 0 bridgehead atoms. The molecule has 2 N–H and O–H groups in total. The fourth-order valence-corrected chi connectivity index (χ4v) is 1.96. The second kappa shape index (κ2) is 5.55. The molecule has 0 saturated heterocycles. The molecule has 0 aliphatic rings. The molecule has 1 aromatic carbocycles. The van der Waals surface area contributed by atoms with E-state index < -0.39 is 0 Å². The van der Waals surface area contributed by atoms with Crippen molar-refractivity contribution in [3.05, 3.63) is 42.5 Å². The Morgan fingerprint density at radius 2 is 2.38 bits per heavy atom. The Labute approximate surface area is 97.5 Å². The first kappa shape index (κ1) is 11.0. The summed E-state index contributed by atoms with van der Waals surface area (Å²) >= 11 is 1.63. The first-order chi connectivity index (χ1) is 7.84. The van der Waals surface area contributed by atoms with Crippen molar-refractivity contribution < 1.29 is 4.39 Å². The summed E-state index contributed by atoms with van der Waals surface area (Å²) in [5.41, 5.74) is 0.806. The molecule has 0 fully saturated rings. The number of benzene rings is 1. The molecule has 1 heterocycles. The number of halogens is 1. The van der Waals surface area contributed by atoms with Gasteiger partial charge in [-0.1, -0.05) is 17.8 Å². The van der Waals surface area contributed by atoms with Crippen molar-refractivity contribution in [2.45, 2.75) is 5.16 Å². The summed E-state index contributed by atoms with van der Waals surface area (Å²) in [7, 11) is 0. The summed E-state index contributed by atoms with van der Waals surface area (Å²) < 4.78 is 12.8. The van der Waals surface area contributed by atoms with Gasteiger partial charge in [0.25, 0.3) is 0 Å². The zero-order chi connectivity index (χ0) is 11.2. The molecule has 0 amide bonds. The average molecular weight is 237 g/mol. The number of aromatic nitrogens is 2. The highest BCUT2D eigenvalue weighted by Crippen LogP contribution is 2.12. The number of nitrogens with zero attached hydrogens (tertiary/aromatic N) is 1. The molecule has 0 saturated carbocycles. The summed E-state index contributed by atoms with van der Waals surface area (Å²) in [4.78, 5) is 7.10. The Balaban J connectivity index is 1.72. The van der Waals surface area contributed by atoms with E-state index in [1.54, 1.807) is 30.2 Å². The fraction of sp³-hybridized carbons (Fsp3) is 0.182. The van der Waals surface area contributed by atoms with Crippen LogP contribution in [0.3, 0.4) is 0 Å². The predicted molar refractivity (Wildman–Crippen MR) is 64.2 cm³/mol. The highest BCUT2D eigenvalue weighted by atomic mass is 32.2. The van der Waals surface area contributed by atoms with Crippen LogP contribution in [0.1, 0.15) is 0 Å². The minimum atomic E-state index is -0.219. The lowest BCUT2D eigenvalue weighted by atomic mass is 10.3. The third-order valence-corrected chi connectivity index (χ3v) is 2.87. The Hall–Kier alpha value is -1.49. The summed E-state index contributed by atoms with van der Waals surface area (Å²) in [6.45, 7) is 0.773. The minimum absolute atomic E-state index is 0.219. The molecular weight excluding hydrogens is 225 g/mol. The second-order valence-electron chi connectivity index (χ2n) is 3.18.